The number of carbonyl (C=O) groups is 2. The minimum absolute atomic E-state index is 0.102. The summed E-state index contributed by atoms with van der Waals surface area (Å²) in [6, 6.07) is 7.38. The van der Waals surface area contributed by atoms with Crippen LogP contribution in [0.2, 0.25) is 0 Å². The van der Waals surface area contributed by atoms with E-state index >= 15 is 0 Å². The first-order valence-corrected chi connectivity index (χ1v) is 8.69. The molecule has 1 aromatic heterocycles. The third-order valence-corrected chi connectivity index (χ3v) is 5.07. The number of amides is 2. The second-order valence-corrected chi connectivity index (χ2v) is 6.76. The minimum atomic E-state index is -0.126. The Hall–Kier alpha value is -1.93. The van der Waals surface area contributed by atoms with E-state index in [1.54, 1.807) is 10.4 Å². The summed E-state index contributed by atoms with van der Waals surface area (Å²) in [6.07, 6.45) is 1.42. The number of thioether (sulfide) groups is 1. The lowest BCUT2D eigenvalue weighted by Gasteiger charge is -2.19. The van der Waals surface area contributed by atoms with Crippen molar-refractivity contribution in [2.75, 3.05) is 22.5 Å². The Labute approximate surface area is 135 Å². The van der Waals surface area contributed by atoms with Crippen molar-refractivity contribution >= 4 is 46.3 Å². The van der Waals surface area contributed by atoms with Gasteiger partial charge in [-0.2, -0.15) is 0 Å². The van der Waals surface area contributed by atoms with Crippen LogP contribution in [0.15, 0.2) is 34.1 Å². The van der Waals surface area contributed by atoms with E-state index in [0.717, 1.165) is 16.4 Å². The van der Waals surface area contributed by atoms with E-state index in [4.69, 9.17) is 0 Å². The van der Waals surface area contributed by atoms with E-state index in [2.05, 4.69) is 15.5 Å². The normalized spacial score (nSPS) is 14.4. The SMILES string of the molecule is O=C(CSc1nncs1)Nc1ccccc1N1CCCC1=O. The summed E-state index contributed by atoms with van der Waals surface area (Å²) in [5.41, 5.74) is 3.06. The van der Waals surface area contributed by atoms with Gasteiger partial charge in [-0.15, -0.1) is 10.2 Å². The highest BCUT2D eigenvalue weighted by molar-refractivity contribution is 8.01. The van der Waals surface area contributed by atoms with Crippen molar-refractivity contribution in [3.8, 4) is 0 Å². The van der Waals surface area contributed by atoms with Crippen molar-refractivity contribution in [1.29, 1.82) is 0 Å². The van der Waals surface area contributed by atoms with Crippen LogP contribution in [-0.4, -0.2) is 34.3 Å². The Kier molecular flexibility index (Phi) is 4.69. The Morgan fingerprint density at radius 2 is 2.27 bits per heavy atom. The van der Waals surface area contributed by atoms with Crippen LogP contribution < -0.4 is 10.2 Å². The maximum atomic E-state index is 12.1. The molecule has 0 aliphatic carbocycles. The highest BCUT2D eigenvalue weighted by Crippen LogP contribution is 2.29. The van der Waals surface area contributed by atoms with Gasteiger partial charge in [0.2, 0.25) is 11.8 Å². The third-order valence-electron chi connectivity index (χ3n) is 3.21. The van der Waals surface area contributed by atoms with Crippen LogP contribution in [0, 0.1) is 0 Å². The average molecular weight is 334 g/mol. The lowest BCUT2D eigenvalue weighted by molar-refractivity contribution is -0.117. The van der Waals surface area contributed by atoms with Gasteiger partial charge in [-0.1, -0.05) is 35.2 Å². The number of carbonyl (C=O) groups excluding carboxylic acids is 2. The molecule has 1 N–H and O–H groups in total. The monoisotopic (exact) mass is 334 g/mol. The molecule has 1 aromatic carbocycles. The molecule has 114 valence electrons. The molecule has 0 bridgehead atoms. The lowest BCUT2D eigenvalue weighted by atomic mass is 10.2. The number of anilines is 2. The maximum absolute atomic E-state index is 12.1. The van der Waals surface area contributed by atoms with Crippen LogP contribution in [0.25, 0.3) is 0 Å². The van der Waals surface area contributed by atoms with Crippen molar-refractivity contribution in [3.05, 3.63) is 29.8 Å². The summed E-state index contributed by atoms with van der Waals surface area (Å²) < 4.78 is 0.762. The minimum Gasteiger partial charge on any atom is -0.324 e. The van der Waals surface area contributed by atoms with Gasteiger partial charge in [0, 0.05) is 13.0 Å². The van der Waals surface area contributed by atoms with Gasteiger partial charge in [0.1, 0.15) is 5.51 Å². The first-order valence-electron chi connectivity index (χ1n) is 6.82. The van der Waals surface area contributed by atoms with Gasteiger partial charge in [0.05, 0.1) is 17.1 Å². The van der Waals surface area contributed by atoms with Gasteiger partial charge < -0.3 is 10.2 Å². The second kappa shape index (κ2) is 6.89. The summed E-state index contributed by atoms with van der Waals surface area (Å²) in [5.74, 6) is 0.238. The number of rotatable bonds is 5. The number of nitrogens with one attached hydrogen (secondary N) is 1. The molecule has 1 fully saturated rings. The molecule has 22 heavy (non-hydrogen) atoms. The fraction of sp³-hybridized carbons (Fsp3) is 0.286. The van der Waals surface area contributed by atoms with Crippen LogP contribution in [0.3, 0.4) is 0 Å². The highest BCUT2D eigenvalue weighted by atomic mass is 32.2. The number of nitrogens with zero attached hydrogens (tertiary/aromatic N) is 3. The standard InChI is InChI=1S/C14H14N4O2S2/c19-12(8-21-14-17-15-9-22-14)16-10-4-1-2-5-11(10)18-7-3-6-13(18)20/h1-2,4-5,9H,3,6-8H2,(H,16,19). The number of benzene rings is 1. The van der Waals surface area contributed by atoms with Crippen LogP contribution in [0.1, 0.15) is 12.8 Å². The second-order valence-electron chi connectivity index (χ2n) is 4.71. The first-order chi connectivity index (χ1) is 10.7. The third kappa shape index (κ3) is 3.45. The molecule has 6 nitrogen and oxygen atoms in total. The molecule has 1 saturated heterocycles. The quantitative estimate of drug-likeness (QED) is 0.850. The number of hydrogen-bond donors (Lipinski definition) is 1. The maximum Gasteiger partial charge on any atom is 0.234 e. The Morgan fingerprint density at radius 3 is 3.00 bits per heavy atom. The zero-order valence-electron chi connectivity index (χ0n) is 11.7. The summed E-state index contributed by atoms with van der Waals surface area (Å²) in [5, 5.41) is 10.5. The van der Waals surface area contributed by atoms with Gasteiger partial charge in [-0.3, -0.25) is 9.59 Å². The molecular formula is C14H14N4O2S2. The molecule has 2 amide bonds. The molecule has 0 radical (unpaired) electrons. The first kappa shape index (κ1) is 15.0. The Balaban J connectivity index is 1.67. The van der Waals surface area contributed by atoms with Crippen molar-refractivity contribution in [1.82, 2.24) is 10.2 Å². The molecule has 1 aliphatic heterocycles. The largest absolute Gasteiger partial charge is 0.324 e. The van der Waals surface area contributed by atoms with E-state index < -0.39 is 0 Å². The van der Waals surface area contributed by atoms with Gasteiger partial charge in [0.15, 0.2) is 4.34 Å². The van der Waals surface area contributed by atoms with Crippen molar-refractivity contribution < 1.29 is 9.59 Å². The molecule has 1 aliphatic rings. The summed E-state index contributed by atoms with van der Waals surface area (Å²) in [7, 11) is 0. The molecule has 0 saturated carbocycles. The van der Waals surface area contributed by atoms with Gasteiger partial charge >= 0.3 is 0 Å². The Bertz CT molecular complexity index is 675. The van der Waals surface area contributed by atoms with E-state index in [1.807, 2.05) is 24.3 Å². The van der Waals surface area contributed by atoms with Crippen molar-refractivity contribution in [2.24, 2.45) is 0 Å². The van der Waals surface area contributed by atoms with Crippen LogP contribution in [-0.2, 0) is 9.59 Å². The van der Waals surface area contributed by atoms with Gasteiger partial charge in [-0.05, 0) is 18.6 Å². The molecule has 3 rings (SSSR count). The van der Waals surface area contributed by atoms with Crippen LogP contribution in [0.4, 0.5) is 11.4 Å². The summed E-state index contributed by atoms with van der Waals surface area (Å²) in [6.45, 7) is 0.700. The molecule has 0 atom stereocenters. The van der Waals surface area contributed by atoms with E-state index in [1.165, 1.54) is 23.1 Å². The van der Waals surface area contributed by atoms with E-state index in [-0.39, 0.29) is 17.6 Å². The molecule has 2 heterocycles. The molecule has 8 heteroatoms. The number of para-hydroxylation sites is 2. The highest BCUT2D eigenvalue weighted by Gasteiger charge is 2.24. The van der Waals surface area contributed by atoms with Crippen LogP contribution in [0.5, 0.6) is 0 Å². The zero-order valence-corrected chi connectivity index (χ0v) is 13.3. The summed E-state index contributed by atoms with van der Waals surface area (Å²) >= 11 is 2.75. The average Bonchev–Trinajstić information content (AvgIpc) is 3.17. The summed E-state index contributed by atoms with van der Waals surface area (Å²) in [4.78, 5) is 25.7. The smallest absolute Gasteiger partial charge is 0.234 e. The molecular weight excluding hydrogens is 320 g/mol. The van der Waals surface area contributed by atoms with Crippen molar-refractivity contribution in [2.45, 2.75) is 17.2 Å². The van der Waals surface area contributed by atoms with Gasteiger partial charge in [0.25, 0.3) is 0 Å². The van der Waals surface area contributed by atoms with Crippen LogP contribution >= 0.6 is 23.1 Å². The number of aromatic nitrogens is 2. The topological polar surface area (TPSA) is 75.2 Å². The predicted octanol–water partition coefficient (Wildman–Crippen LogP) is 2.40. The van der Waals surface area contributed by atoms with Crippen molar-refractivity contribution in [3.63, 3.8) is 0 Å². The Morgan fingerprint density at radius 1 is 1.41 bits per heavy atom. The number of hydrogen-bond acceptors (Lipinski definition) is 6. The van der Waals surface area contributed by atoms with E-state index in [9.17, 15) is 9.59 Å². The molecule has 2 aromatic rings. The van der Waals surface area contributed by atoms with E-state index in [0.29, 0.717) is 18.7 Å². The molecule has 0 spiro atoms. The lowest BCUT2D eigenvalue weighted by Crippen LogP contribution is -2.25. The fourth-order valence-electron chi connectivity index (χ4n) is 2.26. The van der Waals surface area contributed by atoms with Gasteiger partial charge in [-0.25, -0.2) is 0 Å². The zero-order chi connectivity index (χ0) is 15.4. The predicted molar refractivity (Wildman–Crippen MR) is 87.3 cm³/mol. The fourth-order valence-corrected chi connectivity index (χ4v) is 3.55. The molecule has 0 unspecified atom stereocenters.